The Kier molecular flexibility index (Phi) is 3.77. The molecule has 104 valence electrons. The first-order valence-electron chi connectivity index (χ1n) is 7.17. The van der Waals surface area contributed by atoms with Crippen molar-refractivity contribution in [3.8, 4) is 5.75 Å². The van der Waals surface area contributed by atoms with Crippen molar-refractivity contribution >= 4 is 11.8 Å². The molecule has 2 aliphatic rings. The number of hydrogen-bond donors (Lipinski definition) is 1. The molecule has 3 heteroatoms. The Bertz CT molecular complexity index is 421. The number of ether oxygens (including phenoxy) is 1. The monoisotopic (exact) mass is 277 g/mol. The molecular weight excluding hydrogens is 254 g/mol. The molecule has 2 nitrogen and oxygen atoms in total. The van der Waals surface area contributed by atoms with Crippen LogP contribution in [0.1, 0.15) is 37.2 Å². The predicted molar refractivity (Wildman–Crippen MR) is 82.2 cm³/mol. The zero-order valence-electron chi connectivity index (χ0n) is 11.8. The molecule has 0 aliphatic heterocycles. The molecule has 2 saturated carbocycles. The van der Waals surface area contributed by atoms with Crippen molar-refractivity contribution in [3.63, 3.8) is 0 Å². The maximum Gasteiger partial charge on any atom is 0.118 e. The van der Waals surface area contributed by atoms with E-state index >= 15 is 0 Å². The molecule has 2 fully saturated rings. The first-order valence-corrected chi connectivity index (χ1v) is 8.40. The standard InChI is InChI=1S/C16H23NOS/c1-18-15-5-3-12(4-6-15)13-9-14(10-13)17-11-16(19-2)7-8-16/h3-6,13-14,17H,7-11H2,1-2H3. The lowest BCUT2D eigenvalue weighted by atomic mass is 9.76. The van der Waals surface area contributed by atoms with Gasteiger partial charge in [0.2, 0.25) is 0 Å². The summed E-state index contributed by atoms with van der Waals surface area (Å²) in [7, 11) is 1.72. The van der Waals surface area contributed by atoms with Crippen molar-refractivity contribution in [3.05, 3.63) is 29.8 Å². The number of benzene rings is 1. The second-order valence-electron chi connectivity index (χ2n) is 5.91. The van der Waals surface area contributed by atoms with Crippen LogP contribution in [0.5, 0.6) is 5.75 Å². The van der Waals surface area contributed by atoms with Crippen molar-refractivity contribution in [1.29, 1.82) is 0 Å². The maximum atomic E-state index is 5.20. The van der Waals surface area contributed by atoms with Gasteiger partial charge in [0.15, 0.2) is 0 Å². The van der Waals surface area contributed by atoms with Gasteiger partial charge in [-0.2, -0.15) is 11.8 Å². The fraction of sp³-hybridized carbons (Fsp3) is 0.625. The van der Waals surface area contributed by atoms with E-state index in [1.165, 1.54) is 37.8 Å². The molecular formula is C16H23NOS. The lowest BCUT2D eigenvalue weighted by molar-refractivity contribution is 0.290. The van der Waals surface area contributed by atoms with Crippen LogP contribution in [0.3, 0.4) is 0 Å². The van der Waals surface area contributed by atoms with Gasteiger partial charge in [0.05, 0.1) is 7.11 Å². The van der Waals surface area contributed by atoms with Gasteiger partial charge in [0.25, 0.3) is 0 Å². The van der Waals surface area contributed by atoms with E-state index in [1.807, 2.05) is 11.8 Å². The predicted octanol–water partition coefficient (Wildman–Crippen LogP) is 3.43. The van der Waals surface area contributed by atoms with Gasteiger partial charge in [0.1, 0.15) is 5.75 Å². The van der Waals surface area contributed by atoms with Crippen LogP contribution in [0.25, 0.3) is 0 Å². The normalized spacial score (nSPS) is 27.7. The van der Waals surface area contributed by atoms with Crippen LogP contribution in [0.4, 0.5) is 0 Å². The second kappa shape index (κ2) is 5.37. The Morgan fingerprint density at radius 1 is 1.26 bits per heavy atom. The van der Waals surface area contributed by atoms with Gasteiger partial charge in [0, 0.05) is 17.3 Å². The van der Waals surface area contributed by atoms with Crippen LogP contribution in [0, 0.1) is 0 Å². The Morgan fingerprint density at radius 3 is 2.47 bits per heavy atom. The van der Waals surface area contributed by atoms with E-state index in [-0.39, 0.29) is 0 Å². The fourth-order valence-electron chi connectivity index (χ4n) is 2.86. The van der Waals surface area contributed by atoms with E-state index in [0.717, 1.165) is 17.7 Å². The summed E-state index contributed by atoms with van der Waals surface area (Å²) in [4.78, 5) is 0. The van der Waals surface area contributed by atoms with Crippen molar-refractivity contribution in [2.45, 2.75) is 42.4 Å². The van der Waals surface area contributed by atoms with E-state index in [1.54, 1.807) is 7.11 Å². The summed E-state index contributed by atoms with van der Waals surface area (Å²) < 4.78 is 5.79. The minimum absolute atomic E-state index is 0.588. The molecule has 2 aliphatic carbocycles. The summed E-state index contributed by atoms with van der Waals surface area (Å²) in [6, 6.07) is 9.30. The highest BCUT2D eigenvalue weighted by molar-refractivity contribution is 8.00. The summed E-state index contributed by atoms with van der Waals surface area (Å²) in [5.74, 6) is 1.70. The number of methoxy groups -OCH3 is 1. The largest absolute Gasteiger partial charge is 0.497 e. The second-order valence-corrected chi connectivity index (χ2v) is 7.18. The van der Waals surface area contributed by atoms with Gasteiger partial charge in [-0.05, 0) is 55.6 Å². The molecule has 0 heterocycles. The van der Waals surface area contributed by atoms with E-state index in [2.05, 4.69) is 35.8 Å². The average Bonchev–Trinajstić information content (AvgIpc) is 3.18. The quantitative estimate of drug-likeness (QED) is 0.861. The van der Waals surface area contributed by atoms with Gasteiger partial charge in [-0.1, -0.05) is 12.1 Å². The van der Waals surface area contributed by atoms with Gasteiger partial charge in [-0.3, -0.25) is 0 Å². The maximum absolute atomic E-state index is 5.20. The van der Waals surface area contributed by atoms with Crippen molar-refractivity contribution < 1.29 is 4.74 Å². The molecule has 1 aromatic carbocycles. The number of thioether (sulfide) groups is 1. The average molecular weight is 277 g/mol. The topological polar surface area (TPSA) is 21.3 Å². The Hall–Kier alpha value is -0.670. The summed E-state index contributed by atoms with van der Waals surface area (Å²) >= 11 is 2.04. The molecule has 1 N–H and O–H groups in total. The number of rotatable bonds is 6. The lowest BCUT2D eigenvalue weighted by Crippen LogP contribution is -2.43. The van der Waals surface area contributed by atoms with Crippen LogP contribution in [0.15, 0.2) is 24.3 Å². The molecule has 0 aromatic heterocycles. The summed E-state index contributed by atoms with van der Waals surface area (Å²) in [6.45, 7) is 1.20. The van der Waals surface area contributed by atoms with Crippen LogP contribution >= 0.6 is 11.8 Å². The third-order valence-electron chi connectivity index (χ3n) is 4.68. The van der Waals surface area contributed by atoms with Crippen LogP contribution in [0.2, 0.25) is 0 Å². The molecule has 0 saturated heterocycles. The Balaban J connectivity index is 1.44. The zero-order chi connectivity index (χ0) is 13.3. The number of hydrogen-bond acceptors (Lipinski definition) is 3. The summed E-state index contributed by atoms with van der Waals surface area (Å²) in [5, 5.41) is 3.75. The van der Waals surface area contributed by atoms with Crippen molar-refractivity contribution in [2.75, 3.05) is 19.9 Å². The lowest BCUT2D eigenvalue weighted by Gasteiger charge is -2.37. The first-order chi connectivity index (χ1) is 9.24. The molecule has 1 aromatic rings. The highest BCUT2D eigenvalue weighted by Crippen LogP contribution is 2.47. The molecule has 3 rings (SSSR count). The third kappa shape index (κ3) is 2.92. The van der Waals surface area contributed by atoms with Gasteiger partial charge >= 0.3 is 0 Å². The molecule has 0 amide bonds. The highest BCUT2D eigenvalue weighted by Gasteiger charge is 2.42. The highest BCUT2D eigenvalue weighted by atomic mass is 32.2. The molecule has 0 bridgehead atoms. The zero-order valence-corrected chi connectivity index (χ0v) is 12.6. The molecule has 19 heavy (non-hydrogen) atoms. The van der Waals surface area contributed by atoms with Gasteiger partial charge < -0.3 is 10.1 Å². The van der Waals surface area contributed by atoms with E-state index < -0.39 is 0 Å². The number of nitrogens with one attached hydrogen (secondary N) is 1. The Labute approximate surface area is 120 Å². The molecule has 0 unspecified atom stereocenters. The third-order valence-corrected chi connectivity index (χ3v) is 6.10. The first kappa shape index (κ1) is 13.3. The van der Waals surface area contributed by atoms with E-state index in [0.29, 0.717) is 4.75 Å². The van der Waals surface area contributed by atoms with Crippen LogP contribution in [-0.2, 0) is 0 Å². The Morgan fingerprint density at radius 2 is 1.95 bits per heavy atom. The van der Waals surface area contributed by atoms with E-state index in [9.17, 15) is 0 Å². The van der Waals surface area contributed by atoms with Gasteiger partial charge in [-0.15, -0.1) is 0 Å². The SMILES string of the molecule is COc1ccc(C2CC(NCC3(SC)CC3)C2)cc1. The summed E-state index contributed by atoms with van der Waals surface area (Å²) in [6.07, 6.45) is 7.62. The van der Waals surface area contributed by atoms with Crippen LogP contribution < -0.4 is 10.1 Å². The van der Waals surface area contributed by atoms with E-state index in [4.69, 9.17) is 4.74 Å². The molecule has 0 radical (unpaired) electrons. The van der Waals surface area contributed by atoms with Crippen molar-refractivity contribution in [1.82, 2.24) is 5.32 Å². The smallest absolute Gasteiger partial charge is 0.118 e. The minimum Gasteiger partial charge on any atom is -0.497 e. The van der Waals surface area contributed by atoms with Gasteiger partial charge in [-0.25, -0.2) is 0 Å². The molecule has 0 spiro atoms. The summed E-state index contributed by atoms with van der Waals surface area (Å²) in [5.41, 5.74) is 1.46. The fourth-order valence-corrected chi connectivity index (χ4v) is 3.59. The molecule has 0 atom stereocenters. The minimum atomic E-state index is 0.588. The van der Waals surface area contributed by atoms with Crippen molar-refractivity contribution in [2.24, 2.45) is 0 Å². The van der Waals surface area contributed by atoms with Crippen LogP contribution in [-0.4, -0.2) is 30.7 Å².